The van der Waals surface area contributed by atoms with E-state index >= 15 is 0 Å². The molecule has 0 spiro atoms. The highest BCUT2D eigenvalue weighted by molar-refractivity contribution is 9.10. The van der Waals surface area contributed by atoms with E-state index < -0.39 is 17.8 Å². The number of nitrogens with one attached hydrogen (secondary N) is 1. The summed E-state index contributed by atoms with van der Waals surface area (Å²) in [7, 11) is 0. The molecule has 3 nitrogen and oxygen atoms in total. The maximum Gasteiger partial charge on any atom is 0.433 e. The van der Waals surface area contributed by atoms with Gasteiger partial charge in [0.25, 0.3) is 5.91 Å². The van der Waals surface area contributed by atoms with Crippen molar-refractivity contribution < 1.29 is 18.0 Å². The van der Waals surface area contributed by atoms with Crippen molar-refractivity contribution >= 4 is 27.5 Å². The van der Waals surface area contributed by atoms with Gasteiger partial charge in [-0.3, -0.25) is 4.79 Å². The highest BCUT2D eigenvalue weighted by atomic mass is 79.9. The summed E-state index contributed by atoms with van der Waals surface area (Å²) < 4.78 is 37.6. The van der Waals surface area contributed by atoms with Crippen molar-refractivity contribution in [1.82, 2.24) is 4.98 Å². The Morgan fingerprint density at radius 3 is 2.40 bits per heavy atom. The molecule has 1 aromatic heterocycles. The van der Waals surface area contributed by atoms with Gasteiger partial charge in [0, 0.05) is 4.47 Å². The SMILES string of the molecule is O=C(Nc1ccc(C(F)(F)F)nc1)c1ccccc1Br. The lowest BCUT2D eigenvalue weighted by molar-refractivity contribution is -0.141. The second-order valence-electron chi connectivity index (χ2n) is 3.86. The fourth-order valence-electron chi connectivity index (χ4n) is 1.48. The third kappa shape index (κ3) is 3.36. The molecule has 1 heterocycles. The minimum atomic E-state index is -4.50. The Hall–Kier alpha value is -1.89. The van der Waals surface area contributed by atoms with Crippen LogP contribution in [0, 0.1) is 0 Å². The number of amides is 1. The molecule has 7 heteroatoms. The second-order valence-corrected chi connectivity index (χ2v) is 4.72. The van der Waals surface area contributed by atoms with Gasteiger partial charge in [-0.15, -0.1) is 0 Å². The Balaban J connectivity index is 2.15. The number of hydrogen-bond acceptors (Lipinski definition) is 2. The summed E-state index contributed by atoms with van der Waals surface area (Å²) in [5.41, 5.74) is -0.428. The second kappa shape index (κ2) is 5.62. The molecule has 1 aromatic carbocycles. The molecule has 0 saturated heterocycles. The lowest BCUT2D eigenvalue weighted by atomic mass is 10.2. The van der Waals surface area contributed by atoms with Gasteiger partial charge in [-0.25, -0.2) is 4.98 Å². The van der Waals surface area contributed by atoms with Gasteiger partial charge in [0.05, 0.1) is 17.4 Å². The van der Waals surface area contributed by atoms with Gasteiger partial charge in [-0.1, -0.05) is 12.1 Å². The predicted octanol–water partition coefficient (Wildman–Crippen LogP) is 4.12. The first-order chi connectivity index (χ1) is 9.38. The predicted molar refractivity (Wildman–Crippen MR) is 71.3 cm³/mol. The summed E-state index contributed by atoms with van der Waals surface area (Å²) in [5.74, 6) is -0.431. The van der Waals surface area contributed by atoms with Crippen LogP contribution >= 0.6 is 15.9 Å². The molecule has 0 bridgehead atoms. The van der Waals surface area contributed by atoms with Gasteiger partial charge in [-0.2, -0.15) is 13.2 Å². The van der Waals surface area contributed by atoms with Crippen molar-refractivity contribution in [2.24, 2.45) is 0 Å². The van der Waals surface area contributed by atoms with E-state index in [0.717, 1.165) is 18.3 Å². The first-order valence-corrected chi connectivity index (χ1v) is 6.26. The number of aromatic nitrogens is 1. The quantitative estimate of drug-likeness (QED) is 0.890. The van der Waals surface area contributed by atoms with Gasteiger partial charge in [0.15, 0.2) is 0 Å². The first-order valence-electron chi connectivity index (χ1n) is 5.47. The molecule has 0 aliphatic rings. The number of hydrogen-bond donors (Lipinski definition) is 1. The summed E-state index contributed by atoms with van der Waals surface area (Å²) in [6, 6.07) is 8.70. The van der Waals surface area contributed by atoms with Crippen molar-refractivity contribution in [3.8, 4) is 0 Å². The molecule has 0 unspecified atom stereocenters. The number of rotatable bonds is 2. The van der Waals surface area contributed by atoms with E-state index in [4.69, 9.17) is 0 Å². The average Bonchev–Trinajstić information content (AvgIpc) is 2.38. The van der Waals surface area contributed by atoms with E-state index in [1.807, 2.05) is 0 Å². The largest absolute Gasteiger partial charge is 0.433 e. The first kappa shape index (κ1) is 14.5. The van der Waals surface area contributed by atoms with Crippen molar-refractivity contribution in [2.75, 3.05) is 5.32 Å². The zero-order valence-electron chi connectivity index (χ0n) is 9.91. The highest BCUT2D eigenvalue weighted by Crippen LogP contribution is 2.28. The Labute approximate surface area is 121 Å². The lowest BCUT2D eigenvalue weighted by Gasteiger charge is -2.08. The molecule has 1 N–H and O–H groups in total. The Morgan fingerprint density at radius 1 is 1.15 bits per heavy atom. The van der Waals surface area contributed by atoms with Crippen molar-refractivity contribution in [3.05, 3.63) is 58.3 Å². The van der Waals surface area contributed by atoms with E-state index in [1.54, 1.807) is 24.3 Å². The number of benzene rings is 1. The number of carbonyl (C=O) groups excluding carboxylic acids is 1. The van der Waals surface area contributed by atoms with Crippen LogP contribution in [0.15, 0.2) is 47.1 Å². The van der Waals surface area contributed by atoms with Crippen LogP contribution in [0.3, 0.4) is 0 Å². The average molecular weight is 345 g/mol. The number of carbonyl (C=O) groups is 1. The van der Waals surface area contributed by atoms with E-state index in [1.165, 1.54) is 0 Å². The van der Waals surface area contributed by atoms with Gasteiger partial charge in [0.1, 0.15) is 5.69 Å². The van der Waals surface area contributed by atoms with Crippen LogP contribution in [-0.4, -0.2) is 10.9 Å². The minimum absolute atomic E-state index is 0.193. The number of alkyl halides is 3. The van der Waals surface area contributed by atoms with Gasteiger partial charge >= 0.3 is 6.18 Å². The molecular formula is C13H8BrF3N2O. The highest BCUT2D eigenvalue weighted by Gasteiger charge is 2.32. The fourth-order valence-corrected chi connectivity index (χ4v) is 1.94. The summed E-state index contributed by atoms with van der Waals surface area (Å²) in [4.78, 5) is 15.2. The van der Waals surface area contributed by atoms with Crippen LogP contribution < -0.4 is 5.32 Å². The summed E-state index contributed by atoms with van der Waals surface area (Å²) >= 11 is 3.22. The summed E-state index contributed by atoms with van der Waals surface area (Å²) in [5, 5.41) is 2.48. The summed E-state index contributed by atoms with van der Waals surface area (Å²) in [6.07, 6.45) is -3.53. The van der Waals surface area contributed by atoms with E-state index in [9.17, 15) is 18.0 Å². The van der Waals surface area contributed by atoms with Gasteiger partial charge in [0.2, 0.25) is 0 Å². The molecule has 0 fully saturated rings. The summed E-state index contributed by atoms with van der Waals surface area (Å²) in [6.45, 7) is 0. The van der Waals surface area contributed by atoms with Crippen molar-refractivity contribution in [3.63, 3.8) is 0 Å². The van der Waals surface area contributed by atoms with Crippen LogP contribution in [0.25, 0.3) is 0 Å². The Bertz CT molecular complexity index is 626. The van der Waals surface area contributed by atoms with E-state index in [0.29, 0.717) is 10.0 Å². The van der Waals surface area contributed by atoms with Crippen molar-refractivity contribution in [1.29, 1.82) is 0 Å². The normalized spacial score (nSPS) is 11.2. The molecule has 2 rings (SSSR count). The third-order valence-electron chi connectivity index (χ3n) is 2.43. The van der Waals surface area contributed by atoms with Gasteiger partial charge < -0.3 is 5.32 Å². The maximum absolute atomic E-state index is 12.3. The molecular weight excluding hydrogens is 337 g/mol. The third-order valence-corrected chi connectivity index (χ3v) is 3.12. The molecule has 20 heavy (non-hydrogen) atoms. The van der Waals surface area contributed by atoms with Crippen LogP contribution in [-0.2, 0) is 6.18 Å². The van der Waals surface area contributed by atoms with E-state index in [-0.39, 0.29) is 5.69 Å². The molecule has 0 atom stereocenters. The van der Waals surface area contributed by atoms with Crippen LogP contribution in [0.4, 0.5) is 18.9 Å². The van der Waals surface area contributed by atoms with Crippen LogP contribution in [0.5, 0.6) is 0 Å². The molecule has 2 aromatic rings. The van der Waals surface area contributed by atoms with Crippen LogP contribution in [0.1, 0.15) is 16.1 Å². The molecule has 0 radical (unpaired) electrons. The maximum atomic E-state index is 12.3. The topological polar surface area (TPSA) is 42.0 Å². The van der Waals surface area contributed by atoms with E-state index in [2.05, 4.69) is 26.2 Å². The van der Waals surface area contributed by atoms with Gasteiger partial charge in [-0.05, 0) is 40.2 Å². The smallest absolute Gasteiger partial charge is 0.321 e. The number of nitrogens with zero attached hydrogens (tertiary/aromatic N) is 1. The molecule has 1 amide bonds. The standard InChI is InChI=1S/C13H8BrF3N2O/c14-10-4-2-1-3-9(10)12(20)19-8-5-6-11(18-7-8)13(15,16)17/h1-7H,(H,19,20). The molecule has 0 aliphatic heterocycles. The number of anilines is 1. The molecule has 104 valence electrons. The monoisotopic (exact) mass is 344 g/mol. The Morgan fingerprint density at radius 2 is 1.85 bits per heavy atom. The molecule has 0 saturated carbocycles. The zero-order valence-corrected chi connectivity index (χ0v) is 11.5. The van der Waals surface area contributed by atoms with Crippen molar-refractivity contribution in [2.45, 2.75) is 6.18 Å². The molecule has 0 aliphatic carbocycles. The fraction of sp³-hybridized carbons (Fsp3) is 0.0769. The van der Waals surface area contributed by atoms with Crippen LogP contribution in [0.2, 0.25) is 0 Å². The zero-order chi connectivity index (χ0) is 14.8. The number of pyridine rings is 1. The Kier molecular flexibility index (Phi) is 4.08. The number of halogens is 4. The lowest BCUT2D eigenvalue weighted by Crippen LogP contribution is -2.13. The minimum Gasteiger partial charge on any atom is -0.321 e.